The number of benzene rings is 2. The van der Waals surface area contributed by atoms with Gasteiger partial charge in [-0.3, -0.25) is 9.59 Å². The first-order chi connectivity index (χ1) is 13.6. The van der Waals surface area contributed by atoms with Crippen LogP contribution in [0.25, 0.3) is 0 Å². The van der Waals surface area contributed by atoms with Gasteiger partial charge in [-0.1, -0.05) is 0 Å². The van der Waals surface area contributed by atoms with Crippen molar-refractivity contribution in [2.75, 3.05) is 10.6 Å². The number of anilines is 2. The summed E-state index contributed by atoms with van der Waals surface area (Å²) in [5, 5.41) is 8.93. The van der Waals surface area contributed by atoms with Crippen molar-refractivity contribution in [1.82, 2.24) is 4.98 Å². The van der Waals surface area contributed by atoms with E-state index in [4.69, 9.17) is 0 Å². The van der Waals surface area contributed by atoms with Crippen molar-refractivity contribution < 1.29 is 9.59 Å². The Labute approximate surface area is 171 Å². The van der Waals surface area contributed by atoms with E-state index in [1.54, 1.807) is 23.1 Å². The summed E-state index contributed by atoms with van der Waals surface area (Å²) in [6.45, 7) is 2.00. The highest BCUT2D eigenvalue weighted by molar-refractivity contribution is 7.98. The van der Waals surface area contributed by atoms with Crippen LogP contribution < -0.4 is 10.6 Å². The lowest BCUT2D eigenvalue weighted by Crippen LogP contribution is -2.19. The molecule has 0 fully saturated rings. The molecule has 4 rings (SSSR count). The van der Waals surface area contributed by atoms with Gasteiger partial charge in [-0.2, -0.15) is 0 Å². The molecule has 0 aliphatic carbocycles. The molecule has 3 aromatic rings. The van der Waals surface area contributed by atoms with Gasteiger partial charge in [0, 0.05) is 39.4 Å². The molecule has 0 bridgehead atoms. The molecule has 142 valence electrons. The third-order valence-electron chi connectivity index (χ3n) is 4.43. The van der Waals surface area contributed by atoms with Crippen LogP contribution in [0.4, 0.5) is 11.4 Å². The Hall–Kier alpha value is -2.64. The Morgan fingerprint density at radius 1 is 1.21 bits per heavy atom. The molecule has 2 N–H and O–H groups in total. The van der Waals surface area contributed by atoms with Crippen molar-refractivity contribution in [3.05, 3.63) is 69.7 Å². The second kappa shape index (κ2) is 8.16. The highest BCUT2D eigenvalue weighted by Gasteiger charge is 2.15. The molecule has 1 aliphatic heterocycles. The highest BCUT2D eigenvalue weighted by atomic mass is 32.2. The molecule has 1 aromatic heterocycles. The number of thiazole rings is 1. The summed E-state index contributed by atoms with van der Waals surface area (Å²) >= 11 is 3.36. The van der Waals surface area contributed by atoms with Gasteiger partial charge in [-0.15, -0.1) is 23.1 Å². The fraction of sp³-hybridized carbons (Fsp3) is 0.190. The van der Waals surface area contributed by atoms with E-state index in [-0.39, 0.29) is 11.8 Å². The minimum absolute atomic E-state index is 0.0344. The van der Waals surface area contributed by atoms with Gasteiger partial charge in [0.2, 0.25) is 5.91 Å². The maximum atomic E-state index is 12.5. The molecule has 0 saturated heterocycles. The molecule has 2 aromatic carbocycles. The summed E-state index contributed by atoms with van der Waals surface area (Å²) in [5.74, 6) is 0.709. The second-order valence-electron chi connectivity index (χ2n) is 6.55. The molecule has 1 aliphatic rings. The van der Waals surface area contributed by atoms with Crippen LogP contribution in [0.1, 0.15) is 33.0 Å². The van der Waals surface area contributed by atoms with Crippen molar-refractivity contribution in [3.63, 3.8) is 0 Å². The summed E-state index contributed by atoms with van der Waals surface area (Å²) < 4.78 is 0. The van der Waals surface area contributed by atoms with Crippen LogP contribution in [-0.2, 0) is 17.0 Å². The van der Waals surface area contributed by atoms with E-state index in [9.17, 15) is 9.59 Å². The Balaban J connectivity index is 1.37. The van der Waals surface area contributed by atoms with Crippen LogP contribution in [0, 0.1) is 6.92 Å². The van der Waals surface area contributed by atoms with E-state index in [2.05, 4.69) is 21.0 Å². The normalized spacial score (nSPS) is 13.0. The van der Waals surface area contributed by atoms with E-state index in [1.807, 2.05) is 49.4 Å². The minimum atomic E-state index is -0.147. The van der Waals surface area contributed by atoms with Crippen LogP contribution in [-0.4, -0.2) is 16.8 Å². The van der Waals surface area contributed by atoms with Crippen LogP contribution >= 0.6 is 23.1 Å². The zero-order chi connectivity index (χ0) is 19.5. The zero-order valence-corrected chi connectivity index (χ0v) is 17.0. The van der Waals surface area contributed by atoms with Gasteiger partial charge in [0.05, 0.1) is 10.7 Å². The molecule has 0 radical (unpaired) electrons. The van der Waals surface area contributed by atoms with E-state index in [1.165, 1.54) is 0 Å². The number of hydrogen-bond acceptors (Lipinski definition) is 5. The Morgan fingerprint density at radius 2 is 2.04 bits per heavy atom. The number of carbonyl (C=O) groups is 2. The molecule has 28 heavy (non-hydrogen) atoms. The van der Waals surface area contributed by atoms with E-state index in [0.717, 1.165) is 38.3 Å². The second-order valence-corrected chi connectivity index (χ2v) is 8.66. The number of fused-ring (bicyclic) bond motifs is 1. The molecule has 2 amide bonds. The molecule has 5 nitrogen and oxygen atoms in total. The number of aromatic nitrogens is 1. The van der Waals surface area contributed by atoms with Gasteiger partial charge in [0.15, 0.2) is 0 Å². The fourth-order valence-corrected chi connectivity index (χ4v) is 4.51. The molecule has 0 saturated carbocycles. The summed E-state index contributed by atoms with van der Waals surface area (Å²) in [6.07, 6.45) is 1.17. The van der Waals surface area contributed by atoms with Crippen LogP contribution in [0.15, 0.2) is 52.7 Å². The summed E-state index contributed by atoms with van der Waals surface area (Å²) in [7, 11) is 0. The fourth-order valence-electron chi connectivity index (χ4n) is 3.00. The van der Waals surface area contributed by atoms with Crippen molar-refractivity contribution in [2.45, 2.75) is 30.4 Å². The van der Waals surface area contributed by atoms with Crippen LogP contribution in [0.5, 0.6) is 0 Å². The first-order valence-electron chi connectivity index (χ1n) is 8.95. The SMILES string of the molecule is Cc1nc(CSc2ccc(C(=O)Nc3ccc4c(c3)CCC(=O)N4)cc2)cs1. The molecular weight excluding hydrogens is 390 g/mol. The van der Waals surface area contributed by atoms with Gasteiger partial charge < -0.3 is 10.6 Å². The summed E-state index contributed by atoms with van der Waals surface area (Å²) in [5.41, 5.74) is 4.29. The first kappa shape index (κ1) is 18.7. The topological polar surface area (TPSA) is 71.1 Å². The van der Waals surface area contributed by atoms with E-state index < -0.39 is 0 Å². The summed E-state index contributed by atoms with van der Waals surface area (Å²) in [6, 6.07) is 13.2. The Kier molecular flexibility index (Phi) is 5.45. The van der Waals surface area contributed by atoms with Gasteiger partial charge in [-0.05, 0) is 61.4 Å². The molecule has 0 unspecified atom stereocenters. The molecule has 0 spiro atoms. The standard InChI is InChI=1S/C21H19N3O2S2/c1-13-22-17(11-27-13)12-28-18-6-2-14(3-7-18)21(26)23-16-5-8-19-15(10-16)4-9-20(25)24-19/h2-3,5-8,10-11H,4,9,12H2,1H3,(H,23,26)(H,24,25). The number of nitrogens with one attached hydrogen (secondary N) is 2. The minimum Gasteiger partial charge on any atom is -0.326 e. The van der Waals surface area contributed by atoms with Crippen molar-refractivity contribution in [2.24, 2.45) is 0 Å². The van der Waals surface area contributed by atoms with Gasteiger partial charge >= 0.3 is 0 Å². The zero-order valence-electron chi connectivity index (χ0n) is 15.3. The summed E-state index contributed by atoms with van der Waals surface area (Å²) in [4.78, 5) is 29.5. The quantitative estimate of drug-likeness (QED) is 0.589. The van der Waals surface area contributed by atoms with Gasteiger partial charge in [-0.25, -0.2) is 4.98 Å². The van der Waals surface area contributed by atoms with Gasteiger partial charge in [0.25, 0.3) is 5.91 Å². The van der Waals surface area contributed by atoms with Crippen LogP contribution in [0.3, 0.4) is 0 Å². The molecule has 7 heteroatoms. The van der Waals surface area contributed by atoms with Crippen molar-refractivity contribution >= 4 is 46.3 Å². The number of thioether (sulfide) groups is 1. The van der Waals surface area contributed by atoms with Crippen molar-refractivity contribution in [3.8, 4) is 0 Å². The molecule has 0 atom stereocenters. The maximum Gasteiger partial charge on any atom is 0.255 e. The monoisotopic (exact) mass is 409 g/mol. The smallest absolute Gasteiger partial charge is 0.255 e. The van der Waals surface area contributed by atoms with Gasteiger partial charge in [0.1, 0.15) is 0 Å². The molecule has 2 heterocycles. The maximum absolute atomic E-state index is 12.5. The van der Waals surface area contributed by atoms with E-state index >= 15 is 0 Å². The third-order valence-corrected chi connectivity index (χ3v) is 6.30. The Morgan fingerprint density at radius 3 is 2.79 bits per heavy atom. The van der Waals surface area contributed by atoms with Crippen LogP contribution in [0.2, 0.25) is 0 Å². The largest absolute Gasteiger partial charge is 0.326 e. The third kappa shape index (κ3) is 4.43. The highest BCUT2D eigenvalue weighted by Crippen LogP contribution is 2.27. The lowest BCUT2D eigenvalue weighted by Gasteiger charge is -2.17. The molecular formula is C21H19N3O2S2. The number of hydrogen-bond donors (Lipinski definition) is 2. The average Bonchev–Trinajstić information content (AvgIpc) is 3.12. The number of nitrogens with zero attached hydrogens (tertiary/aromatic N) is 1. The average molecular weight is 410 g/mol. The van der Waals surface area contributed by atoms with E-state index in [0.29, 0.717) is 18.4 Å². The number of rotatable bonds is 5. The number of aryl methyl sites for hydroxylation is 2. The lowest BCUT2D eigenvalue weighted by molar-refractivity contribution is -0.116. The first-order valence-corrected chi connectivity index (χ1v) is 10.8. The predicted molar refractivity (Wildman–Crippen MR) is 114 cm³/mol. The number of amides is 2. The van der Waals surface area contributed by atoms with Crippen molar-refractivity contribution in [1.29, 1.82) is 0 Å². The number of carbonyl (C=O) groups excluding carboxylic acids is 2. The lowest BCUT2D eigenvalue weighted by atomic mass is 10.0. The Bertz CT molecular complexity index is 1030. The predicted octanol–water partition coefficient (Wildman–Crippen LogP) is 4.88.